The van der Waals surface area contributed by atoms with Gasteiger partial charge in [-0.05, 0) is 38.8 Å². The maximum absolute atomic E-state index is 12.7. The molecule has 1 aliphatic heterocycles. The molecule has 8 nitrogen and oxygen atoms in total. The normalized spacial score (nSPS) is 17.5. The van der Waals surface area contributed by atoms with E-state index in [1.54, 1.807) is 30.9 Å². The van der Waals surface area contributed by atoms with Crippen LogP contribution in [0.2, 0.25) is 0 Å². The molecule has 1 saturated heterocycles. The maximum atomic E-state index is 12.7. The first-order chi connectivity index (χ1) is 13.0. The Morgan fingerprint density at radius 3 is 2.48 bits per heavy atom. The van der Waals surface area contributed by atoms with Gasteiger partial charge in [0.1, 0.15) is 5.69 Å². The number of hydrogen-bond acceptors (Lipinski definition) is 6. The van der Waals surface area contributed by atoms with Gasteiger partial charge in [-0.15, -0.1) is 0 Å². The number of nitrogens with one attached hydrogen (secondary N) is 1. The van der Waals surface area contributed by atoms with Crippen molar-refractivity contribution in [3.8, 4) is 0 Å². The molecule has 0 radical (unpaired) electrons. The van der Waals surface area contributed by atoms with Crippen molar-refractivity contribution in [1.82, 2.24) is 20.1 Å². The molecule has 2 aliphatic rings. The van der Waals surface area contributed by atoms with E-state index in [1.807, 2.05) is 0 Å². The number of pyridine rings is 1. The van der Waals surface area contributed by atoms with Gasteiger partial charge in [-0.1, -0.05) is 0 Å². The molecule has 2 amide bonds. The molecule has 1 N–H and O–H groups in total. The van der Waals surface area contributed by atoms with Crippen molar-refractivity contribution in [3.63, 3.8) is 0 Å². The van der Waals surface area contributed by atoms with E-state index in [0.29, 0.717) is 62.3 Å². The lowest BCUT2D eigenvalue weighted by atomic mass is 10.1. The second kappa shape index (κ2) is 8.47. The fraction of sp³-hybridized carbons (Fsp3) is 0.579. The Bertz CT molecular complexity index is 724. The highest BCUT2D eigenvalue weighted by molar-refractivity contribution is 5.95. The fourth-order valence-corrected chi connectivity index (χ4v) is 3.08. The average molecular weight is 374 g/mol. The molecule has 0 aromatic carbocycles. The van der Waals surface area contributed by atoms with E-state index in [0.717, 1.165) is 12.8 Å². The van der Waals surface area contributed by atoms with Crippen molar-refractivity contribution >= 4 is 17.8 Å². The molecule has 27 heavy (non-hydrogen) atoms. The van der Waals surface area contributed by atoms with Crippen molar-refractivity contribution in [2.75, 3.05) is 39.3 Å². The van der Waals surface area contributed by atoms with Crippen LogP contribution in [-0.4, -0.2) is 77.9 Å². The minimum atomic E-state index is -0.431. The number of nitrogens with zero attached hydrogens (tertiary/aromatic N) is 3. The first-order valence-electron chi connectivity index (χ1n) is 9.43. The van der Waals surface area contributed by atoms with Crippen LogP contribution in [0.25, 0.3) is 0 Å². The molecule has 1 aromatic heterocycles. The third kappa shape index (κ3) is 5.03. The molecule has 1 aromatic rings. The lowest BCUT2D eigenvalue weighted by Gasteiger charge is -2.34. The Hall–Kier alpha value is -2.48. The number of aromatic nitrogens is 1. The van der Waals surface area contributed by atoms with Gasteiger partial charge in [0.2, 0.25) is 5.91 Å². The van der Waals surface area contributed by atoms with E-state index in [4.69, 9.17) is 4.74 Å². The molecule has 2 fully saturated rings. The van der Waals surface area contributed by atoms with Crippen molar-refractivity contribution in [2.24, 2.45) is 0 Å². The van der Waals surface area contributed by atoms with Crippen molar-refractivity contribution in [3.05, 3.63) is 29.1 Å². The molecular weight excluding hydrogens is 348 g/mol. The number of aryl methyl sites for hydroxylation is 1. The zero-order valence-electron chi connectivity index (χ0n) is 15.9. The van der Waals surface area contributed by atoms with E-state index in [1.165, 1.54) is 0 Å². The van der Waals surface area contributed by atoms with E-state index in [-0.39, 0.29) is 11.8 Å². The summed E-state index contributed by atoms with van der Waals surface area (Å²) in [6.45, 7) is 6.53. The molecule has 1 aliphatic carbocycles. The zero-order chi connectivity index (χ0) is 19.4. The van der Waals surface area contributed by atoms with Gasteiger partial charge in [0, 0.05) is 32.2 Å². The number of amides is 2. The van der Waals surface area contributed by atoms with E-state index < -0.39 is 5.97 Å². The van der Waals surface area contributed by atoms with Gasteiger partial charge in [0.25, 0.3) is 5.91 Å². The van der Waals surface area contributed by atoms with Crippen LogP contribution in [0.4, 0.5) is 0 Å². The molecule has 0 unspecified atom stereocenters. The first kappa shape index (κ1) is 19.3. The summed E-state index contributed by atoms with van der Waals surface area (Å²) in [6, 6.07) is 3.52. The molecule has 3 rings (SSSR count). The van der Waals surface area contributed by atoms with Crippen LogP contribution >= 0.6 is 0 Å². The van der Waals surface area contributed by atoms with Crippen LogP contribution in [0.1, 0.15) is 46.3 Å². The van der Waals surface area contributed by atoms with Gasteiger partial charge >= 0.3 is 5.97 Å². The molecule has 2 heterocycles. The highest BCUT2D eigenvalue weighted by Crippen LogP contribution is 2.18. The summed E-state index contributed by atoms with van der Waals surface area (Å²) in [5, 5.41) is 2.98. The first-order valence-corrected chi connectivity index (χ1v) is 9.43. The summed E-state index contributed by atoms with van der Waals surface area (Å²) in [7, 11) is 0. The Morgan fingerprint density at radius 1 is 1.19 bits per heavy atom. The third-order valence-corrected chi connectivity index (χ3v) is 4.77. The largest absolute Gasteiger partial charge is 0.462 e. The summed E-state index contributed by atoms with van der Waals surface area (Å²) < 4.78 is 4.98. The third-order valence-electron chi connectivity index (χ3n) is 4.77. The van der Waals surface area contributed by atoms with Crippen molar-refractivity contribution < 1.29 is 19.1 Å². The molecular formula is C19H26N4O4. The molecule has 0 spiro atoms. The van der Waals surface area contributed by atoms with Gasteiger partial charge < -0.3 is 15.0 Å². The predicted octanol–water partition coefficient (Wildman–Crippen LogP) is 0.603. The van der Waals surface area contributed by atoms with Crippen molar-refractivity contribution in [2.45, 2.75) is 32.7 Å². The minimum Gasteiger partial charge on any atom is -0.462 e. The maximum Gasteiger partial charge on any atom is 0.339 e. The van der Waals surface area contributed by atoms with E-state index in [2.05, 4.69) is 15.2 Å². The average Bonchev–Trinajstić information content (AvgIpc) is 3.45. The second-order valence-corrected chi connectivity index (χ2v) is 6.96. The predicted molar refractivity (Wildman–Crippen MR) is 98.4 cm³/mol. The monoisotopic (exact) mass is 374 g/mol. The molecule has 1 saturated carbocycles. The lowest BCUT2D eigenvalue weighted by Crippen LogP contribution is -2.51. The van der Waals surface area contributed by atoms with Crippen LogP contribution in [0.5, 0.6) is 0 Å². The minimum absolute atomic E-state index is 0.0594. The highest BCUT2D eigenvalue weighted by Gasteiger charge is 2.27. The summed E-state index contributed by atoms with van der Waals surface area (Å²) in [5.41, 5.74) is 1.18. The Morgan fingerprint density at radius 2 is 1.89 bits per heavy atom. The van der Waals surface area contributed by atoms with Gasteiger partial charge in [0.05, 0.1) is 24.4 Å². The van der Waals surface area contributed by atoms with Crippen molar-refractivity contribution in [1.29, 1.82) is 0 Å². The number of hydrogen-bond donors (Lipinski definition) is 1. The quantitative estimate of drug-likeness (QED) is 0.734. The highest BCUT2D eigenvalue weighted by atomic mass is 16.5. The van der Waals surface area contributed by atoms with Crippen LogP contribution in [0, 0.1) is 6.92 Å². The Labute approximate surface area is 158 Å². The molecule has 0 bridgehead atoms. The van der Waals surface area contributed by atoms with Crippen LogP contribution in [-0.2, 0) is 9.53 Å². The molecule has 8 heteroatoms. The fourth-order valence-electron chi connectivity index (χ4n) is 3.08. The van der Waals surface area contributed by atoms with Crippen LogP contribution in [0.3, 0.4) is 0 Å². The zero-order valence-corrected chi connectivity index (χ0v) is 15.9. The number of rotatable bonds is 6. The molecule has 146 valence electrons. The number of ether oxygens (including phenoxy) is 1. The summed E-state index contributed by atoms with van der Waals surface area (Å²) in [4.78, 5) is 44.5. The number of piperazine rings is 1. The lowest BCUT2D eigenvalue weighted by molar-refractivity contribution is -0.122. The Balaban J connectivity index is 1.53. The van der Waals surface area contributed by atoms with Gasteiger partial charge in [-0.2, -0.15) is 0 Å². The van der Waals surface area contributed by atoms with Crippen LogP contribution < -0.4 is 5.32 Å². The number of esters is 1. The molecule has 0 atom stereocenters. The van der Waals surface area contributed by atoms with Crippen LogP contribution in [0.15, 0.2) is 12.1 Å². The van der Waals surface area contributed by atoms with E-state index >= 15 is 0 Å². The number of carbonyl (C=O) groups excluding carboxylic acids is 3. The SMILES string of the molecule is CCOC(=O)c1ccc(C(=O)N2CCN(CC(=O)NC3CC3)CC2)nc1C. The standard InChI is InChI=1S/C19H26N4O4/c1-3-27-19(26)15-6-7-16(20-13(15)2)18(25)23-10-8-22(9-11-23)12-17(24)21-14-4-5-14/h6-7,14H,3-5,8-12H2,1-2H3,(H,21,24). The second-order valence-electron chi connectivity index (χ2n) is 6.96. The summed E-state index contributed by atoms with van der Waals surface area (Å²) in [6.07, 6.45) is 2.16. The topological polar surface area (TPSA) is 91.8 Å². The van der Waals surface area contributed by atoms with E-state index in [9.17, 15) is 14.4 Å². The number of carbonyl (C=O) groups is 3. The van der Waals surface area contributed by atoms with Gasteiger partial charge in [-0.25, -0.2) is 9.78 Å². The summed E-state index contributed by atoms with van der Waals surface area (Å²) in [5.74, 6) is -0.528. The Kier molecular flexibility index (Phi) is 6.05. The summed E-state index contributed by atoms with van der Waals surface area (Å²) >= 11 is 0. The van der Waals surface area contributed by atoms with Gasteiger partial charge in [0.15, 0.2) is 0 Å². The smallest absolute Gasteiger partial charge is 0.339 e. The van der Waals surface area contributed by atoms with Gasteiger partial charge in [-0.3, -0.25) is 14.5 Å².